The molecule has 0 aliphatic rings. The number of nitrogens with two attached hydrogens (primary N) is 1. The van der Waals surface area contributed by atoms with E-state index in [1.807, 2.05) is 0 Å². The number of benzene rings is 1. The van der Waals surface area contributed by atoms with E-state index in [9.17, 15) is 0 Å². The quantitative estimate of drug-likeness (QED) is 0.802. The van der Waals surface area contributed by atoms with E-state index in [1.165, 1.54) is 11.3 Å². The predicted molar refractivity (Wildman–Crippen MR) is 67.3 cm³/mol. The number of hydrogen-bond acceptors (Lipinski definition) is 2. The van der Waals surface area contributed by atoms with Crippen molar-refractivity contribution in [1.82, 2.24) is 0 Å². The van der Waals surface area contributed by atoms with Crippen molar-refractivity contribution in [3.8, 4) is 0 Å². The van der Waals surface area contributed by atoms with Gasteiger partial charge in [0.2, 0.25) is 0 Å². The Kier molecular flexibility index (Phi) is 4.63. The largest absolute Gasteiger partial charge is 0.373 e. The van der Waals surface area contributed by atoms with Crippen LogP contribution >= 0.6 is 0 Å². The van der Waals surface area contributed by atoms with Crippen LogP contribution in [-0.2, 0) is 0 Å². The second kappa shape index (κ2) is 5.76. The van der Waals surface area contributed by atoms with E-state index in [0.717, 1.165) is 19.4 Å². The molecule has 2 N–H and O–H groups in total. The third-order valence-corrected chi connectivity index (χ3v) is 2.64. The zero-order valence-corrected chi connectivity index (χ0v) is 10.0. The summed E-state index contributed by atoms with van der Waals surface area (Å²) in [6.07, 6.45) is 2.25. The number of hydrogen-bond donors (Lipinski definition) is 1. The minimum Gasteiger partial charge on any atom is -0.373 e. The first-order valence-electron chi connectivity index (χ1n) is 5.67. The fourth-order valence-electron chi connectivity index (χ4n) is 1.72. The van der Waals surface area contributed by atoms with Crippen molar-refractivity contribution in [3.05, 3.63) is 29.8 Å². The molecule has 1 unspecified atom stereocenters. The van der Waals surface area contributed by atoms with Crippen LogP contribution in [0.1, 0.15) is 25.3 Å². The van der Waals surface area contributed by atoms with Gasteiger partial charge in [-0.15, -0.1) is 0 Å². The maximum atomic E-state index is 6.01. The van der Waals surface area contributed by atoms with E-state index >= 15 is 0 Å². The molecule has 0 aliphatic carbocycles. The highest BCUT2D eigenvalue weighted by molar-refractivity contribution is 5.46. The Morgan fingerprint density at radius 1 is 1.27 bits per heavy atom. The van der Waals surface area contributed by atoms with Gasteiger partial charge in [0.15, 0.2) is 0 Å². The SMILES string of the molecule is CCCC(N)CN(C)c1ccc(C)cc1. The second-order valence-corrected chi connectivity index (χ2v) is 4.26. The average Bonchev–Trinajstić information content (AvgIpc) is 2.18. The van der Waals surface area contributed by atoms with Crippen molar-refractivity contribution in [2.45, 2.75) is 32.7 Å². The molecule has 0 amide bonds. The molecule has 0 heterocycles. The van der Waals surface area contributed by atoms with Gasteiger partial charge >= 0.3 is 0 Å². The van der Waals surface area contributed by atoms with E-state index in [0.29, 0.717) is 0 Å². The Morgan fingerprint density at radius 3 is 2.40 bits per heavy atom. The van der Waals surface area contributed by atoms with E-state index in [-0.39, 0.29) is 6.04 Å². The first kappa shape index (κ1) is 12.1. The normalized spacial score (nSPS) is 12.5. The molecule has 1 atom stereocenters. The van der Waals surface area contributed by atoms with Gasteiger partial charge in [-0.05, 0) is 25.5 Å². The van der Waals surface area contributed by atoms with Crippen LogP contribution in [0.15, 0.2) is 24.3 Å². The van der Waals surface area contributed by atoms with Gasteiger partial charge < -0.3 is 10.6 Å². The van der Waals surface area contributed by atoms with Gasteiger partial charge in [-0.2, -0.15) is 0 Å². The number of rotatable bonds is 5. The van der Waals surface area contributed by atoms with Crippen LogP contribution in [0.3, 0.4) is 0 Å². The highest BCUT2D eigenvalue weighted by atomic mass is 15.1. The van der Waals surface area contributed by atoms with Crippen LogP contribution in [0.5, 0.6) is 0 Å². The van der Waals surface area contributed by atoms with Gasteiger partial charge in [-0.3, -0.25) is 0 Å². The minimum atomic E-state index is 0.279. The molecule has 1 aromatic carbocycles. The molecule has 84 valence electrons. The number of anilines is 1. The first-order valence-corrected chi connectivity index (χ1v) is 5.67. The number of nitrogens with zero attached hydrogens (tertiary/aromatic N) is 1. The van der Waals surface area contributed by atoms with E-state index < -0.39 is 0 Å². The van der Waals surface area contributed by atoms with Crippen molar-refractivity contribution in [2.75, 3.05) is 18.5 Å². The number of likely N-dealkylation sites (N-methyl/N-ethyl adjacent to an activating group) is 1. The monoisotopic (exact) mass is 206 g/mol. The van der Waals surface area contributed by atoms with Crippen LogP contribution in [0.2, 0.25) is 0 Å². The van der Waals surface area contributed by atoms with E-state index in [1.54, 1.807) is 0 Å². The lowest BCUT2D eigenvalue weighted by Gasteiger charge is -2.23. The molecule has 0 fully saturated rings. The van der Waals surface area contributed by atoms with Crippen LogP contribution in [0.4, 0.5) is 5.69 Å². The van der Waals surface area contributed by atoms with Crippen molar-refractivity contribution < 1.29 is 0 Å². The first-order chi connectivity index (χ1) is 7.13. The molecule has 0 aliphatic heterocycles. The van der Waals surface area contributed by atoms with Gasteiger partial charge in [0.1, 0.15) is 0 Å². The lowest BCUT2D eigenvalue weighted by molar-refractivity contribution is 0.597. The topological polar surface area (TPSA) is 29.3 Å². The zero-order valence-electron chi connectivity index (χ0n) is 10.0. The number of aryl methyl sites for hydroxylation is 1. The van der Waals surface area contributed by atoms with Gasteiger partial charge in [-0.25, -0.2) is 0 Å². The molecule has 0 saturated carbocycles. The lowest BCUT2D eigenvalue weighted by Crippen LogP contribution is -2.35. The average molecular weight is 206 g/mol. The molecule has 0 radical (unpaired) electrons. The molecule has 15 heavy (non-hydrogen) atoms. The summed E-state index contributed by atoms with van der Waals surface area (Å²) in [6, 6.07) is 8.84. The fraction of sp³-hybridized carbons (Fsp3) is 0.538. The van der Waals surface area contributed by atoms with Gasteiger partial charge in [0.25, 0.3) is 0 Å². The summed E-state index contributed by atoms with van der Waals surface area (Å²) in [7, 11) is 2.10. The van der Waals surface area contributed by atoms with E-state index in [4.69, 9.17) is 5.73 Å². The summed E-state index contributed by atoms with van der Waals surface area (Å²) < 4.78 is 0. The molecule has 1 rings (SSSR count). The molecule has 2 heteroatoms. The summed E-state index contributed by atoms with van der Waals surface area (Å²) >= 11 is 0. The molecule has 0 saturated heterocycles. The van der Waals surface area contributed by atoms with Crippen molar-refractivity contribution in [2.24, 2.45) is 5.73 Å². The molecular weight excluding hydrogens is 184 g/mol. The Hall–Kier alpha value is -1.02. The fourth-order valence-corrected chi connectivity index (χ4v) is 1.72. The Morgan fingerprint density at radius 2 is 1.87 bits per heavy atom. The van der Waals surface area contributed by atoms with Gasteiger partial charge in [0, 0.05) is 25.3 Å². The second-order valence-electron chi connectivity index (χ2n) is 4.26. The summed E-state index contributed by atoms with van der Waals surface area (Å²) in [5.41, 5.74) is 8.55. The predicted octanol–water partition coefficient (Wildman–Crippen LogP) is 2.56. The molecule has 0 bridgehead atoms. The Balaban J connectivity index is 2.53. The van der Waals surface area contributed by atoms with Crippen LogP contribution in [-0.4, -0.2) is 19.6 Å². The van der Waals surface area contributed by atoms with Crippen molar-refractivity contribution in [1.29, 1.82) is 0 Å². The summed E-state index contributed by atoms with van der Waals surface area (Å²) in [6.45, 7) is 5.20. The third-order valence-electron chi connectivity index (χ3n) is 2.64. The molecule has 1 aromatic rings. The molecular formula is C13H22N2. The molecule has 0 spiro atoms. The summed E-state index contributed by atoms with van der Waals surface area (Å²) in [5.74, 6) is 0. The molecule has 2 nitrogen and oxygen atoms in total. The highest BCUT2D eigenvalue weighted by Crippen LogP contribution is 2.13. The minimum absolute atomic E-state index is 0.279. The van der Waals surface area contributed by atoms with Crippen molar-refractivity contribution in [3.63, 3.8) is 0 Å². The van der Waals surface area contributed by atoms with E-state index in [2.05, 4.69) is 50.1 Å². The molecule has 0 aromatic heterocycles. The van der Waals surface area contributed by atoms with Crippen LogP contribution in [0, 0.1) is 6.92 Å². The lowest BCUT2D eigenvalue weighted by atomic mass is 10.1. The standard InChI is InChI=1S/C13H22N2/c1-4-5-12(14)10-15(3)13-8-6-11(2)7-9-13/h6-9,12H,4-5,10,14H2,1-3H3. The maximum absolute atomic E-state index is 6.01. The van der Waals surface area contributed by atoms with Gasteiger partial charge in [0.05, 0.1) is 0 Å². The highest BCUT2D eigenvalue weighted by Gasteiger charge is 2.06. The van der Waals surface area contributed by atoms with Crippen LogP contribution in [0.25, 0.3) is 0 Å². The smallest absolute Gasteiger partial charge is 0.0364 e. The maximum Gasteiger partial charge on any atom is 0.0364 e. The zero-order chi connectivity index (χ0) is 11.3. The summed E-state index contributed by atoms with van der Waals surface area (Å²) in [4.78, 5) is 2.22. The third kappa shape index (κ3) is 3.92. The van der Waals surface area contributed by atoms with Crippen LogP contribution < -0.4 is 10.6 Å². The Bertz CT molecular complexity index is 279. The Labute approximate surface area is 93.1 Å². The van der Waals surface area contributed by atoms with Gasteiger partial charge in [-0.1, -0.05) is 31.0 Å². The summed E-state index contributed by atoms with van der Waals surface area (Å²) in [5, 5.41) is 0. The van der Waals surface area contributed by atoms with Crippen molar-refractivity contribution >= 4 is 5.69 Å².